The molecule has 1 N–H and O–H groups in total. The molecule has 0 radical (unpaired) electrons. The summed E-state index contributed by atoms with van der Waals surface area (Å²) in [4.78, 5) is 4.63. The van der Waals surface area contributed by atoms with Gasteiger partial charge in [-0.25, -0.2) is 4.98 Å². The van der Waals surface area contributed by atoms with Gasteiger partial charge in [0.1, 0.15) is 5.75 Å². The van der Waals surface area contributed by atoms with E-state index in [9.17, 15) is 0 Å². The van der Waals surface area contributed by atoms with Gasteiger partial charge in [-0.15, -0.1) is 11.3 Å². The minimum atomic E-state index is 0.896. The summed E-state index contributed by atoms with van der Waals surface area (Å²) in [7, 11) is 3.65. The monoisotopic (exact) mass is 262 g/mol. The SMILES string of the molecule is CNCCc1csc(Cc2ccc(OC)cc2)n1. The molecule has 96 valence electrons. The average molecular weight is 262 g/mol. The molecule has 3 nitrogen and oxygen atoms in total. The second kappa shape index (κ2) is 6.52. The zero-order chi connectivity index (χ0) is 12.8. The van der Waals surface area contributed by atoms with Gasteiger partial charge in [0.2, 0.25) is 0 Å². The Hall–Kier alpha value is -1.39. The van der Waals surface area contributed by atoms with E-state index in [1.807, 2.05) is 19.2 Å². The number of methoxy groups -OCH3 is 1. The van der Waals surface area contributed by atoms with Gasteiger partial charge in [0, 0.05) is 24.8 Å². The molecule has 0 fully saturated rings. The van der Waals surface area contributed by atoms with Crippen LogP contribution < -0.4 is 10.1 Å². The molecule has 0 aliphatic heterocycles. The van der Waals surface area contributed by atoms with Gasteiger partial charge in [0.15, 0.2) is 0 Å². The van der Waals surface area contributed by atoms with Crippen molar-refractivity contribution in [2.75, 3.05) is 20.7 Å². The van der Waals surface area contributed by atoms with Crippen molar-refractivity contribution < 1.29 is 4.74 Å². The van der Waals surface area contributed by atoms with Gasteiger partial charge >= 0.3 is 0 Å². The summed E-state index contributed by atoms with van der Waals surface area (Å²) >= 11 is 1.73. The highest BCUT2D eigenvalue weighted by Crippen LogP contribution is 2.17. The third-order valence-corrected chi connectivity index (χ3v) is 3.64. The number of nitrogens with zero attached hydrogens (tertiary/aromatic N) is 1. The Morgan fingerprint density at radius 1 is 1.28 bits per heavy atom. The second-order valence-electron chi connectivity index (χ2n) is 4.11. The van der Waals surface area contributed by atoms with Crippen LogP contribution in [-0.4, -0.2) is 25.7 Å². The summed E-state index contributed by atoms with van der Waals surface area (Å²) in [6.45, 7) is 0.978. The number of nitrogens with one attached hydrogen (secondary N) is 1. The Bertz CT molecular complexity index is 479. The Morgan fingerprint density at radius 3 is 2.72 bits per heavy atom. The fourth-order valence-corrected chi connectivity index (χ4v) is 2.58. The molecule has 0 saturated carbocycles. The maximum Gasteiger partial charge on any atom is 0.118 e. The number of rotatable bonds is 6. The van der Waals surface area contributed by atoms with Crippen LogP contribution >= 0.6 is 11.3 Å². The normalized spacial score (nSPS) is 10.6. The molecule has 2 rings (SSSR count). The Morgan fingerprint density at radius 2 is 2.06 bits per heavy atom. The van der Waals surface area contributed by atoms with Crippen LogP contribution in [0.1, 0.15) is 16.3 Å². The van der Waals surface area contributed by atoms with E-state index in [4.69, 9.17) is 4.74 Å². The van der Waals surface area contributed by atoms with Gasteiger partial charge in [-0.2, -0.15) is 0 Å². The molecule has 2 aromatic rings. The third kappa shape index (κ3) is 3.55. The summed E-state index contributed by atoms with van der Waals surface area (Å²) in [6.07, 6.45) is 1.89. The minimum absolute atomic E-state index is 0.896. The number of benzene rings is 1. The van der Waals surface area contributed by atoms with Gasteiger partial charge in [-0.1, -0.05) is 12.1 Å². The van der Waals surface area contributed by atoms with E-state index >= 15 is 0 Å². The lowest BCUT2D eigenvalue weighted by Gasteiger charge is -2.01. The first-order chi connectivity index (χ1) is 8.81. The number of thiazole rings is 1. The lowest BCUT2D eigenvalue weighted by molar-refractivity contribution is 0.414. The third-order valence-electron chi connectivity index (χ3n) is 2.74. The van der Waals surface area contributed by atoms with Crippen molar-refractivity contribution in [1.29, 1.82) is 0 Å². The van der Waals surface area contributed by atoms with Gasteiger partial charge in [-0.3, -0.25) is 0 Å². The topological polar surface area (TPSA) is 34.1 Å². The first-order valence-corrected chi connectivity index (χ1v) is 6.90. The van der Waals surface area contributed by atoms with E-state index in [0.717, 1.165) is 25.1 Å². The van der Waals surface area contributed by atoms with Gasteiger partial charge in [0.25, 0.3) is 0 Å². The van der Waals surface area contributed by atoms with E-state index in [-0.39, 0.29) is 0 Å². The first kappa shape index (κ1) is 13.1. The zero-order valence-corrected chi connectivity index (χ0v) is 11.6. The van der Waals surface area contributed by atoms with Crippen LogP contribution in [-0.2, 0) is 12.8 Å². The van der Waals surface area contributed by atoms with Crippen molar-refractivity contribution in [3.05, 3.63) is 45.9 Å². The van der Waals surface area contributed by atoms with Crippen molar-refractivity contribution in [1.82, 2.24) is 10.3 Å². The molecule has 1 heterocycles. The average Bonchev–Trinajstić information content (AvgIpc) is 2.85. The van der Waals surface area contributed by atoms with Crippen LogP contribution in [0.25, 0.3) is 0 Å². The number of hydrogen-bond donors (Lipinski definition) is 1. The van der Waals surface area contributed by atoms with Crippen molar-refractivity contribution >= 4 is 11.3 Å². The number of hydrogen-bond acceptors (Lipinski definition) is 4. The van der Waals surface area contributed by atoms with Crippen molar-refractivity contribution in [3.8, 4) is 5.75 Å². The minimum Gasteiger partial charge on any atom is -0.497 e. The van der Waals surface area contributed by atoms with Crippen molar-refractivity contribution in [2.24, 2.45) is 0 Å². The Labute approximate surface area is 112 Å². The highest BCUT2D eigenvalue weighted by atomic mass is 32.1. The molecular weight excluding hydrogens is 244 g/mol. The molecule has 0 bridgehead atoms. The summed E-state index contributed by atoms with van der Waals surface area (Å²) in [5.74, 6) is 0.896. The predicted molar refractivity (Wildman–Crippen MR) is 75.5 cm³/mol. The van der Waals surface area contributed by atoms with Crippen LogP contribution in [0.3, 0.4) is 0 Å². The zero-order valence-electron chi connectivity index (χ0n) is 10.8. The van der Waals surface area contributed by atoms with Crippen LogP contribution in [0.5, 0.6) is 5.75 Å². The molecule has 4 heteroatoms. The predicted octanol–water partition coefficient (Wildman–Crippen LogP) is 2.50. The van der Waals surface area contributed by atoms with Crippen molar-refractivity contribution in [3.63, 3.8) is 0 Å². The molecule has 0 aliphatic rings. The molecular formula is C14H18N2OS. The lowest BCUT2D eigenvalue weighted by atomic mass is 10.1. The van der Waals surface area contributed by atoms with Gasteiger partial charge in [-0.05, 0) is 24.7 Å². The molecule has 1 aromatic carbocycles. The highest BCUT2D eigenvalue weighted by Gasteiger charge is 2.03. The fourth-order valence-electron chi connectivity index (χ4n) is 1.72. The Kier molecular flexibility index (Phi) is 4.73. The summed E-state index contributed by atoms with van der Waals surface area (Å²) in [6, 6.07) is 8.16. The fraction of sp³-hybridized carbons (Fsp3) is 0.357. The van der Waals surface area contributed by atoms with Crippen LogP contribution in [0.15, 0.2) is 29.6 Å². The number of likely N-dealkylation sites (N-methyl/N-ethyl adjacent to an activating group) is 1. The molecule has 0 aliphatic carbocycles. The molecule has 0 amide bonds. The van der Waals surface area contributed by atoms with E-state index in [0.29, 0.717) is 0 Å². The van der Waals surface area contributed by atoms with Crippen LogP contribution in [0.4, 0.5) is 0 Å². The Balaban J connectivity index is 1.97. The van der Waals surface area contributed by atoms with Gasteiger partial charge in [0.05, 0.1) is 17.8 Å². The molecule has 0 atom stereocenters. The van der Waals surface area contributed by atoms with E-state index in [1.54, 1.807) is 18.4 Å². The molecule has 0 saturated heterocycles. The van der Waals surface area contributed by atoms with Crippen LogP contribution in [0, 0.1) is 0 Å². The van der Waals surface area contributed by atoms with Gasteiger partial charge < -0.3 is 10.1 Å². The van der Waals surface area contributed by atoms with E-state index in [2.05, 4.69) is 27.8 Å². The maximum atomic E-state index is 5.15. The summed E-state index contributed by atoms with van der Waals surface area (Å²) < 4.78 is 5.15. The van der Waals surface area contributed by atoms with E-state index in [1.165, 1.54) is 16.3 Å². The second-order valence-corrected chi connectivity index (χ2v) is 5.05. The molecule has 18 heavy (non-hydrogen) atoms. The van der Waals surface area contributed by atoms with E-state index < -0.39 is 0 Å². The summed E-state index contributed by atoms with van der Waals surface area (Å²) in [5.41, 5.74) is 2.45. The molecule has 1 aromatic heterocycles. The van der Waals surface area contributed by atoms with Crippen molar-refractivity contribution in [2.45, 2.75) is 12.8 Å². The molecule has 0 spiro atoms. The lowest BCUT2D eigenvalue weighted by Crippen LogP contribution is -2.10. The summed E-state index contributed by atoms with van der Waals surface area (Å²) in [5, 5.41) is 6.46. The number of ether oxygens (including phenoxy) is 1. The maximum absolute atomic E-state index is 5.15. The largest absolute Gasteiger partial charge is 0.497 e. The number of aromatic nitrogens is 1. The highest BCUT2D eigenvalue weighted by molar-refractivity contribution is 7.09. The quantitative estimate of drug-likeness (QED) is 0.868. The van der Waals surface area contributed by atoms with Crippen LogP contribution in [0.2, 0.25) is 0 Å². The smallest absolute Gasteiger partial charge is 0.118 e. The standard InChI is InChI=1S/C14H18N2OS/c1-15-8-7-12-10-18-14(16-12)9-11-3-5-13(17-2)6-4-11/h3-6,10,15H,7-9H2,1-2H3. The molecule has 0 unspecified atom stereocenters. The first-order valence-electron chi connectivity index (χ1n) is 6.02.